The van der Waals surface area contributed by atoms with Crippen LogP contribution in [-0.2, 0) is 11.2 Å². The molecule has 0 radical (unpaired) electrons. The lowest BCUT2D eigenvalue weighted by Crippen LogP contribution is -2.33. The van der Waals surface area contributed by atoms with Gasteiger partial charge in [0.1, 0.15) is 6.04 Å². The highest BCUT2D eigenvalue weighted by Crippen LogP contribution is 2.13. The molecule has 128 valence electrons. The Balaban J connectivity index is 0.000000231. The number of carboxylic acid groups (broad SMARTS) is 1. The zero-order chi connectivity index (χ0) is 17.2. The van der Waals surface area contributed by atoms with Crippen molar-refractivity contribution in [2.45, 2.75) is 45.3 Å². The average molecular weight is 319 g/mol. The Kier molecular flexibility index (Phi) is 8.19. The Hall–Kier alpha value is -2.01. The number of carboxylic acids is 1. The van der Waals surface area contributed by atoms with E-state index in [9.17, 15) is 4.79 Å². The molecule has 0 amide bonds. The van der Waals surface area contributed by atoms with Gasteiger partial charge in [0.05, 0.1) is 6.17 Å². The standard InChI is InChI=1S/C9H18N2.C9H11NO2/c1-4-5-6-11-8-7-10(3)9(11)2;10-8(9(11)12)6-7-4-2-1-3-5-7/h7-9H,4-6H2,1-3H3;1-5,8H,6,10H2,(H,11,12)/t;8-/m.0/s1. The third-order valence-electron chi connectivity index (χ3n) is 3.95. The van der Waals surface area contributed by atoms with E-state index < -0.39 is 12.0 Å². The van der Waals surface area contributed by atoms with Crippen molar-refractivity contribution in [3.8, 4) is 0 Å². The van der Waals surface area contributed by atoms with Gasteiger partial charge in [-0.25, -0.2) is 0 Å². The molecule has 5 heteroatoms. The van der Waals surface area contributed by atoms with Gasteiger partial charge in [-0.3, -0.25) is 4.79 Å². The van der Waals surface area contributed by atoms with Crippen LogP contribution in [-0.4, -0.2) is 46.7 Å². The van der Waals surface area contributed by atoms with Crippen LogP contribution in [0.4, 0.5) is 0 Å². The van der Waals surface area contributed by atoms with Crippen molar-refractivity contribution >= 4 is 5.97 Å². The molecule has 0 bridgehead atoms. The highest BCUT2D eigenvalue weighted by Gasteiger charge is 2.16. The average Bonchev–Trinajstić information content (AvgIpc) is 2.86. The van der Waals surface area contributed by atoms with E-state index in [-0.39, 0.29) is 0 Å². The summed E-state index contributed by atoms with van der Waals surface area (Å²) in [5.41, 5.74) is 6.30. The third-order valence-corrected chi connectivity index (χ3v) is 3.95. The van der Waals surface area contributed by atoms with Gasteiger partial charge in [-0.05, 0) is 25.3 Å². The number of benzene rings is 1. The van der Waals surface area contributed by atoms with E-state index in [4.69, 9.17) is 10.8 Å². The second-order valence-corrected chi connectivity index (χ2v) is 5.82. The van der Waals surface area contributed by atoms with Gasteiger partial charge in [0, 0.05) is 26.0 Å². The van der Waals surface area contributed by atoms with E-state index in [1.807, 2.05) is 30.3 Å². The molecule has 2 rings (SSSR count). The van der Waals surface area contributed by atoms with Gasteiger partial charge in [0.25, 0.3) is 0 Å². The highest BCUT2D eigenvalue weighted by molar-refractivity contribution is 5.73. The molecule has 3 N–H and O–H groups in total. The van der Waals surface area contributed by atoms with Gasteiger partial charge in [-0.2, -0.15) is 0 Å². The molecule has 1 aliphatic rings. The molecule has 23 heavy (non-hydrogen) atoms. The molecule has 0 aromatic heterocycles. The van der Waals surface area contributed by atoms with Gasteiger partial charge in [-0.1, -0.05) is 43.7 Å². The van der Waals surface area contributed by atoms with Crippen molar-refractivity contribution in [3.05, 3.63) is 48.3 Å². The van der Waals surface area contributed by atoms with Gasteiger partial charge >= 0.3 is 5.97 Å². The lowest BCUT2D eigenvalue weighted by molar-refractivity contribution is -0.138. The minimum atomic E-state index is -0.959. The van der Waals surface area contributed by atoms with Crippen molar-refractivity contribution in [1.82, 2.24) is 9.80 Å². The number of aliphatic carboxylic acids is 1. The molecule has 5 nitrogen and oxygen atoms in total. The number of nitrogens with two attached hydrogens (primary N) is 1. The molecule has 1 aromatic rings. The number of carbonyl (C=O) groups is 1. The molecule has 0 aliphatic carbocycles. The zero-order valence-electron chi connectivity index (χ0n) is 14.4. The molecular formula is C18H29N3O2. The molecule has 0 saturated carbocycles. The number of unbranched alkanes of at least 4 members (excludes halogenated alkanes) is 1. The summed E-state index contributed by atoms with van der Waals surface area (Å²) in [6.07, 6.45) is 7.83. The predicted octanol–water partition coefficient (Wildman–Crippen LogP) is 2.49. The monoisotopic (exact) mass is 319 g/mol. The Morgan fingerprint density at radius 2 is 1.96 bits per heavy atom. The van der Waals surface area contributed by atoms with Gasteiger partial charge in [0.15, 0.2) is 0 Å². The first kappa shape index (κ1) is 19.0. The van der Waals surface area contributed by atoms with Crippen LogP contribution in [0.2, 0.25) is 0 Å². The maximum absolute atomic E-state index is 10.4. The fraction of sp³-hybridized carbons (Fsp3) is 0.500. The Labute approximate surface area is 139 Å². The van der Waals surface area contributed by atoms with Crippen LogP contribution in [0.5, 0.6) is 0 Å². The SMILES string of the molecule is CCCCN1C=CN(C)C1C.N[C@@H](Cc1ccccc1)C(=O)O. The Bertz CT molecular complexity index is 490. The number of rotatable bonds is 6. The summed E-state index contributed by atoms with van der Waals surface area (Å²) < 4.78 is 0. The topological polar surface area (TPSA) is 69.8 Å². The molecule has 1 aromatic carbocycles. The summed E-state index contributed by atoms with van der Waals surface area (Å²) in [7, 11) is 2.12. The summed E-state index contributed by atoms with van der Waals surface area (Å²) in [4.78, 5) is 15.0. The van der Waals surface area contributed by atoms with E-state index in [2.05, 4.69) is 43.1 Å². The van der Waals surface area contributed by atoms with E-state index in [0.717, 1.165) is 5.56 Å². The normalized spacial score (nSPS) is 17.7. The molecule has 0 saturated heterocycles. The fourth-order valence-corrected chi connectivity index (χ4v) is 2.23. The Morgan fingerprint density at radius 3 is 2.43 bits per heavy atom. The van der Waals surface area contributed by atoms with Crippen molar-refractivity contribution in [2.75, 3.05) is 13.6 Å². The lowest BCUT2D eigenvalue weighted by Gasteiger charge is -2.26. The highest BCUT2D eigenvalue weighted by atomic mass is 16.4. The molecule has 1 heterocycles. The summed E-state index contributed by atoms with van der Waals surface area (Å²) in [5.74, 6) is -0.959. The quantitative estimate of drug-likeness (QED) is 0.843. The second kappa shape index (κ2) is 9.90. The molecule has 2 atom stereocenters. The zero-order valence-corrected chi connectivity index (χ0v) is 14.4. The second-order valence-electron chi connectivity index (χ2n) is 5.82. The first-order chi connectivity index (χ1) is 11.0. The van der Waals surface area contributed by atoms with Crippen molar-refractivity contribution in [2.24, 2.45) is 5.73 Å². The van der Waals surface area contributed by atoms with Crippen LogP contribution in [0.25, 0.3) is 0 Å². The van der Waals surface area contributed by atoms with Crippen molar-refractivity contribution in [3.63, 3.8) is 0 Å². The van der Waals surface area contributed by atoms with Gasteiger partial charge in [0.2, 0.25) is 0 Å². The Morgan fingerprint density at radius 1 is 1.30 bits per heavy atom. The van der Waals surface area contributed by atoms with Crippen molar-refractivity contribution in [1.29, 1.82) is 0 Å². The first-order valence-electron chi connectivity index (χ1n) is 8.14. The minimum Gasteiger partial charge on any atom is -0.480 e. The van der Waals surface area contributed by atoms with Gasteiger partial charge in [-0.15, -0.1) is 0 Å². The van der Waals surface area contributed by atoms with Crippen LogP contribution in [0.3, 0.4) is 0 Å². The number of hydrogen-bond acceptors (Lipinski definition) is 4. The van der Waals surface area contributed by atoms with Crippen LogP contribution in [0.15, 0.2) is 42.7 Å². The maximum Gasteiger partial charge on any atom is 0.320 e. The molecule has 0 fully saturated rings. The number of nitrogens with zero attached hydrogens (tertiary/aromatic N) is 2. The van der Waals surface area contributed by atoms with E-state index in [1.54, 1.807) is 0 Å². The summed E-state index contributed by atoms with van der Waals surface area (Å²) >= 11 is 0. The van der Waals surface area contributed by atoms with E-state index in [0.29, 0.717) is 12.6 Å². The molecule has 1 unspecified atom stereocenters. The van der Waals surface area contributed by atoms with Crippen LogP contribution < -0.4 is 5.73 Å². The summed E-state index contributed by atoms with van der Waals surface area (Å²) in [6.45, 7) is 5.66. The molecule has 0 spiro atoms. The molecular weight excluding hydrogens is 290 g/mol. The predicted molar refractivity (Wildman–Crippen MR) is 93.7 cm³/mol. The first-order valence-corrected chi connectivity index (χ1v) is 8.14. The summed E-state index contributed by atoms with van der Waals surface area (Å²) in [5, 5.41) is 8.52. The van der Waals surface area contributed by atoms with E-state index in [1.165, 1.54) is 19.4 Å². The van der Waals surface area contributed by atoms with Gasteiger partial charge < -0.3 is 20.6 Å². The largest absolute Gasteiger partial charge is 0.480 e. The number of hydrogen-bond donors (Lipinski definition) is 2. The molecule has 1 aliphatic heterocycles. The maximum atomic E-state index is 10.4. The van der Waals surface area contributed by atoms with Crippen LogP contribution >= 0.6 is 0 Å². The van der Waals surface area contributed by atoms with E-state index >= 15 is 0 Å². The smallest absolute Gasteiger partial charge is 0.320 e. The fourth-order valence-electron chi connectivity index (χ4n) is 2.23. The minimum absolute atomic E-state index is 0.385. The third kappa shape index (κ3) is 6.74. The van der Waals surface area contributed by atoms with Crippen LogP contribution in [0, 0.1) is 0 Å². The van der Waals surface area contributed by atoms with Crippen LogP contribution in [0.1, 0.15) is 32.3 Å². The lowest BCUT2D eigenvalue weighted by atomic mass is 10.1. The summed E-state index contributed by atoms with van der Waals surface area (Å²) in [6, 6.07) is 8.54. The van der Waals surface area contributed by atoms with Crippen molar-refractivity contribution < 1.29 is 9.90 Å².